The molecule has 0 aliphatic carbocycles. The van der Waals surface area contributed by atoms with Gasteiger partial charge in [-0.1, -0.05) is 36.4 Å². The molecule has 5 heteroatoms. The van der Waals surface area contributed by atoms with Crippen LogP contribution in [0.5, 0.6) is 0 Å². The van der Waals surface area contributed by atoms with Crippen molar-refractivity contribution in [1.29, 1.82) is 0 Å². The topological polar surface area (TPSA) is 46.4 Å². The molecule has 0 fully saturated rings. The van der Waals surface area contributed by atoms with Gasteiger partial charge in [-0.2, -0.15) is 0 Å². The number of hydrogen-bond donors (Lipinski definition) is 1. The molecule has 4 aromatic rings. The lowest BCUT2D eigenvalue weighted by atomic mass is 10.1. The van der Waals surface area contributed by atoms with Crippen LogP contribution >= 0.6 is 15.9 Å². The molecule has 0 saturated heterocycles. The molecule has 0 aliphatic heterocycles. The SMILES string of the molecule is Cc1cccn2cc(-c3ccccc3NC(=O)c3ccccc3Br)nc12. The Balaban J connectivity index is 1.74. The van der Waals surface area contributed by atoms with E-state index < -0.39 is 0 Å². The Bertz CT molecular complexity index is 1120. The van der Waals surface area contributed by atoms with Gasteiger partial charge in [-0.15, -0.1) is 0 Å². The van der Waals surface area contributed by atoms with Gasteiger partial charge in [-0.05, 0) is 52.7 Å². The van der Waals surface area contributed by atoms with Gasteiger partial charge in [0.05, 0.1) is 16.9 Å². The van der Waals surface area contributed by atoms with E-state index in [-0.39, 0.29) is 5.91 Å². The zero-order chi connectivity index (χ0) is 18.1. The lowest BCUT2D eigenvalue weighted by Gasteiger charge is -2.10. The first-order chi connectivity index (χ1) is 12.6. The number of fused-ring (bicyclic) bond motifs is 1. The molecule has 26 heavy (non-hydrogen) atoms. The zero-order valence-corrected chi connectivity index (χ0v) is 15.7. The maximum atomic E-state index is 12.7. The average molecular weight is 406 g/mol. The number of benzene rings is 2. The molecular formula is C21H16BrN3O. The average Bonchev–Trinajstić information content (AvgIpc) is 3.08. The number of rotatable bonds is 3. The summed E-state index contributed by atoms with van der Waals surface area (Å²) in [6.45, 7) is 2.03. The number of nitrogens with zero attached hydrogens (tertiary/aromatic N) is 2. The third kappa shape index (κ3) is 3.02. The molecule has 0 atom stereocenters. The summed E-state index contributed by atoms with van der Waals surface area (Å²) < 4.78 is 2.76. The Morgan fingerprint density at radius 1 is 1.04 bits per heavy atom. The maximum Gasteiger partial charge on any atom is 0.256 e. The van der Waals surface area contributed by atoms with Gasteiger partial charge in [0.2, 0.25) is 0 Å². The monoisotopic (exact) mass is 405 g/mol. The normalized spacial score (nSPS) is 10.8. The second kappa shape index (κ2) is 6.77. The number of pyridine rings is 1. The molecule has 0 radical (unpaired) electrons. The van der Waals surface area contributed by atoms with Crippen LogP contribution in [0.15, 0.2) is 77.5 Å². The highest BCUT2D eigenvalue weighted by molar-refractivity contribution is 9.10. The van der Waals surface area contributed by atoms with Crippen LogP contribution in [0.3, 0.4) is 0 Å². The summed E-state index contributed by atoms with van der Waals surface area (Å²) in [6, 6.07) is 19.1. The van der Waals surface area contributed by atoms with Gasteiger partial charge in [0.1, 0.15) is 5.65 Å². The summed E-state index contributed by atoms with van der Waals surface area (Å²) in [6.07, 6.45) is 3.95. The van der Waals surface area contributed by atoms with E-state index in [2.05, 4.69) is 21.2 Å². The van der Waals surface area contributed by atoms with Gasteiger partial charge in [-0.3, -0.25) is 4.79 Å². The van der Waals surface area contributed by atoms with Gasteiger partial charge in [0, 0.05) is 22.4 Å². The molecule has 0 unspecified atom stereocenters. The van der Waals surface area contributed by atoms with Gasteiger partial charge < -0.3 is 9.72 Å². The van der Waals surface area contributed by atoms with Gasteiger partial charge >= 0.3 is 0 Å². The number of para-hydroxylation sites is 1. The molecule has 4 nitrogen and oxygen atoms in total. The van der Waals surface area contributed by atoms with Crippen molar-refractivity contribution < 1.29 is 4.79 Å². The van der Waals surface area contributed by atoms with Crippen LogP contribution < -0.4 is 5.32 Å². The van der Waals surface area contributed by atoms with Gasteiger partial charge in [0.15, 0.2) is 0 Å². The summed E-state index contributed by atoms with van der Waals surface area (Å²) in [7, 11) is 0. The molecule has 0 spiro atoms. The Hall–Kier alpha value is -2.92. The van der Waals surface area contributed by atoms with Crippen LogP contribution in [0.4, 0.5) is 5.69 Å². The quantitative estimate of drug-likeness (QED) is 0.500. The lowest BCUT2D eigenvalue weighted by molar-refractivity contribution is 0.102. The van der Waals surface area contributed by atoms with E-state index in [0.29, 0.717) is 5.56 Å². The number of carbonyl (C=O) groups is 1. The van der Waals surface area contributed by atoms with Crippen LogP contribution in [-0.4, -0.2) is 15.3 Å². The largest absolute Gasteiger partial charge is 0.321 e. The first-order valence-corrected chi connectivity index (χ1v) is 9.02. The molecule has 1 N–H and O–H groups in total. The Labute approximate surface area is 159 Å². The fraction of sp³-hybridized carbons (Fsp3) is 0.0476. The third-order valence-electron chi connectivity index (χ3n) is 4.25. The Morgan fingerprint density at radius 2 is 1.81 bits per heavy atom. The number of nitrogens with one attached hydrogen (secondary N) is 1. The second-order valence-corrected chi connectivity index (χ2v) is 6.88. The molecule has 1 amide bonds. The van der Waals surface area contributed by atoms with Crippen LogP contribution in [0.1, 0.15) is 15.9 Å². The first-order valence-electron chi connectivity index (χ1n) is 8.23. The minimum Gasteiger partial charge on any atom is -0.321 e. The third-order valence-corrected chi connectivity index (χ3v) is 4.94. The lowest BCUT2D eigenvalue weighted by Crippen LogP contribution is -2.13. The number of anilines is 1. The van der Waals surface area contributed by atoms with Crippen molar-refractivity contribution in [3.8, 4) is 11.3 Å². The summed E-state index contributed by atoms with van der Waals surface area (Å²) in [4.78, 5) is 17.4. The van der Waals surface area contributed by atoms with E-state index in [1.54, 1.807) is 6.07 Å². The Morgan fingerprint density at radius 3 is 2.62 bits per heavy atom. The molecule has 0 bridgehead atoms. The molecule has 128 valence electrons. The van der Waals surface area contributed by atoms with Crippen molar-refractivity contribution in [1.82, 2.24) is 9.38 Å². The zero-order valence-electron chi connectivity index (χ0n) is 14.1. The van der Waals surface area contributed by atoms with Crippen molar-refractivity contribution in [2.24, 2.45) is 0 Å². The van der Waals surface area contributed by atoms with Crippen molar-refractivity contribution >= 4 is 33.2 Å². The van der Waals surface area contributed by atoms with E-state index in [9.17, 15) is 4.79 Å². The van der Waals surface area contributed by atoms with Crippen LogP contribution in [0.25, 0.3) is 16.9 Å². The van der Waals surface area contributed by atoms with Crippen molar-refractivity contribution in [3.05, 3.63) is 88.7 Å². The van der Waals surface area contributed by atoms with Gasteiger partial charge in [0.25, 0.3) is 5.91 Å². The fourth-order valence-electron chi connectivity index (χ4n) is 2.93. The van der Waals surface area contributed by atoms with Crippen molar-refractivity contribution in [2.45, 2.75) is 6.92 Å². The summed E-state index contributed by atoms with van der Waals surface area (Å²) >= 11 is 3.43. The van der Waals surface area contributed by atoms with E-state index in [1.165, 1.54) is 0 Å². The minimum atomic E-state index is -0.162. The highest BCUT2D eigenvalue weighted by Gasteiger charge is 2.14. The van der Waals surface area contributed by atoms with E-state index in [1.807, 2.05) is 78.3 Å². The maximum absolute atomic E-state index is 12.7. The van der Waals surface area contributed by atoms with E-state index in [0.717, 1.165) is 32.6 Å². The molecule has 2 aromatic carbocycles. The molecule has 2 heterocycles. The van der Waals surface area contributed by atoms with E-state index >= 15 is 0 Å². The highest BCUT2D eigenvalue weighted by atomic mass is 79.9. The molecule has 0 aliphatic rings. The predicted octanol–water partition coefficient (Wildman–Crippen LogP) is 5.32. The predicted molar refractivity (Wildman–Crippen MR) is 107 cm³/mol. The number of imidazole rings is 1. The highest BCUT2D eigenvalue weighted by Crippen LogP contribution is 2.29. The van der Waals surface area contributed by atoms with Gasteiger partial charge in [-0.25, -0.2) is 4.98 Å². The smallest absolute Gasteiger partial charge is 0.256 e. The summed E-state index contributed by atoms with van der Waals surface area (Å²) in [5, 5.41) is 3.01. The number of halogens is 1. The van der Waals surface area contributed by atoms with Crippen LogP contribution in [-0.2, 0) is 0 Å². The van der Waals surface area contributed by atoms with Crippen molar-refractivity contribution in [2.75, 3.05) is 5.32 Å². The molecule has 2 aromatic heterocycles. The molecular weight excluding hydrogens is 390 g/mol. The number of hydrogen-bond acceptors (Lipinski definition) is 2. The number of amides is 1. The molecule has 0 saturated carbocycles. The number of carbonyl (C=O) groups excluding carboxylic acids is 1. The standard InChI is InChI=1S/C21H16BrN3O/c1-14-7-6-12-25-13-19(23-20(14)25)16-9-3-5-11-18(16)24-21(26)15-8-2-4-10-17(15)22/h2-13H,1H3,(H,24,26). The molecule has 4 rings (SSSR count). The van der Waals surface area contributed by atoms with E-state index in [4.69, 9.17) is 4.98 Å². The Kier molecular flexibility index (Phi) is 4.31. The number of aryl methyl sites for hydroxylation is 1. The minimum absolute atomic E-state index is 0.162. The van der Waals surface area contributed by atoms with Crippen LogP contribution in [0, 0.1) is 6.92 Å². The fourth-order valence-corrected chi connectivity index (χ4v) is 3.40. The summed E-state index contributed by atoms with van der Waals surface area (Å²) in [5.74, 6) is -0.162. The van der Waals surface area contributed by atoms with Crippen molar-refractivity contribution in [3.63, 3.8) is 0 Å². The first kappa shape index (κ1) is 16.5. The number of aromatic nitrogens is 2. The second-order valence-electron chi connectivity index (χ2n) is 6.03. The summed E-state index contributed by atoms with van der Waals surface area (Å²) in [5.41, 5.74) is 5.05. The van der Waals surface area contributed by atoms with Crippen LogP contribution in [0.2, 0.25) is 0 Å².